The molecule has 1 saturated heterocycles. The van der Waals surface area contributed by atoms with Crippen LogP contribution in [0.4, 0.5) is 5.69 Å². The van der Waals surface area contributed by atoms with Gasteiger partial charge < -0.3 is 15.0 Å². The first-order valence-electron chi connectivity index (χ1n) is 11.0. The zero-order chi connectivity index (χ0) is 24.0. The second-order valence-electron chi connectivity index (χ2n) is 8.11. The summed E-state index contributed by atoms with van der Waals surface area (Å²) in [6, 6.07) is 24.8. The van der Waals surface area contributed by atoms with Crippen molar-refractivity contribution in [2.45, 2.75) is 19.0 Å². The SMILES string of the molecule is O=C(NCc1ccccc1)c1ccccc1OCC(=O)N(c1ccccc1)C1CCS(=O)(=O)C1. The molecule has 4 rings (SSSR count). The van der Waals surface area contributed by atoms with Crippen molar-refractivity contribution in [1.82, 2.24) is 5.32 Å². The summed E-state index contributed by atoms with van der Waals surface area (Å²) in [4.78, 5) is 27.5. The van der Waals surface area contributed by atoms with E-state index in [1.165, 1.54) is 4.90 Å². The molecule has 0 aliphatic carbocycles. The zero-order valence-electron chi connectivity index (χ0n) is 18.6. The molecule has 0 spiro atoms. The largest absolute Gasteiger partial charge is 0.483 e. The van der Waals surface area contributed by atoms with Crippen LogP contribution >= 0.6 is 0 Å². The van der Waals surface area contributed by atoms with E-state index in [9.17, 15) is 18.0 Å². The predicted molar refractivity (Wildman–Crippen MR) is 131 cm³/mol. The molecule has 3 aromatic rings. The molecule has 1 unspecified atom stereocenters. The number of nitrogens with one attached hydrogen (secondary N) is 1. The molecule has 0 radical (unpaired) electrons. The summed E-state index contributed by atoms with van der Waals surface area (Å²) in [7, 11) is -3.18. The number of amides is 2. The molecule has 34 heavy (non-hydrogen) atoms. The number of carbonyl (C=O) groups is 2. The molecule has 0 aromatic heterocycles. The van der Waals surface area contributed by atoms with E-state index in [0.717, 1.165) is 5.56 Å². The molecule has 1 aliphatic rings. The lowest BCUT2D eigenvalue weighted by Gasteiger charge is -2.28. The lowest BCUT2D eigenvalue weighted by atomic mass is 10.1. The lowest BCUT2D eigenvalue weighted by molar-refractivity contribution is -0.121. The van der Waals surface area contributed by atoms with Crippen molar-refractivity contribution in [1.29, 1.82) is 0 Å². The maximum absolute atomic E-state index is 13.2. The minimum absolute atomic E-state index is 0.0551. The van der Waals surface area contributed by atoms with Gasteiger partial charge in [-0.15, -0.1) is 0 Å². The average Bonchev–Trinajstić information content (AvgIpc) is 3.21. The number of para-hydroxylation sites is 2. The molecule has 1 fully saturated rings. The minimum Gasteiger partial charge on any atom is -0.483 e. The van der Waals surface area contributed by atoms with Crippen LogP contribution in [-0.2, 0) is 21.2 Å². The molecule has 7 nitrogen and oxygen atoms in total. The number of carbonyl (C=O) groups excluding carboxylic acids is 2. The van der Waals surface area contributed by atoms with E-state index in [4.69, 9.17) is 4.74 Å². The van der Waals surface area contributed by atoms with Crippen LogP contribution in [0.25, 0.3) is 0 Å². The highest BCUT2D eigenvalue weighted by molar-refractivity contribution is 7.91. The molecular weight excluding hydrogens is 452 g/mol. The quantitative estimate of drug-likeness (QED) is 0.537. The van der Waals surface area contributed by atoms with Crippen molar-refractivity contribution < 1.29 is 22.7 Å². The molecule has 1 N–H and O–H groups in total. The molecule has 3 aromatic carbocycles. The second-order valence-corrected chi connectivity index (χ2v) is 10.3. The van der Waals surface area contributed by atoms with Crippen molar-refractivity contribution >= 4 is 27.3 Å². The van der Waals surface area contributed by atoms with Gasteiger partial charge in [0.1, 0.15) is 5.75 Å². The average molecular weight is 479 g/mol. The van der Waals surface area contributed by atoms with Crippen molar-refractivity contribution in [2.24, 2.45) is 0 Å². The molecule has 0 saturated carbocycles. The summed E-state index contributed by atoms with van der Waals surface area (Å²) >= 11 is 0. The molecule has 1 heterocycles. The van der Waals surface area contributed by atoms with Gasteiger partial charge >= 0.3 is 0 Å². The van der Waals surface area contributed by atoms with E-state index in [-0.39, 0.29) is 35.7 Å². The van der Waals surface area contributed by atoms with Crippen molar-refractivity contribution in [3.63, 3.8) is 0 Å². The molecule has 2 amide bonds. The van der Waals surface area contributed by atoms with Crippen molar-refractivity contribution in [3.05, 3.63) is 96.1 Å². The van der Waals surface area contributed by atoms with E-state index in [1.807, 2.05) is 36.4 Å². The standard InChI is InChI=1S/C26H26N2O5S/c29-25(28(21-11-5-2-6-12-21)22-15-16-34(31,32)19-22)18-33-24-14-8-7-13-23(24)26(30)27-17-20-9-3-1-4-10-20/h1-14,22H,15-19H2,(H,27,30). The number of anilines is 1. The van der Waals surface area contributed by atoms with Gasteiger partial charge in [0.25, 0.3) is 11.8 Å². The Balaban J connectivity index is 1.46. The lowest BCUT2D eigenvalue weighted by Crippen LogP contribution is -2.44. The van der Waals surface area contributed by atoms with Crippen LogP contribution in [0.3, 0.4) is 0 Å². The van der Waals surface area contributed by atoms with E-state index in [2.05, 4.69) is 5.32 Å². The number of rotatable bonds is 8. The minimum atomic E-state index is -3.18. The molecule has 8 heteroatoms. The Kier molecular flexibility index (Phi) is 7.27. The second kappa shape index (κ2) is 10.5. The van der Waals surface area contributed by atoms with Crippen LogP contribution < -0.4 is 15.0 Å². The van der Waals surface area contributed by atoms with Crippen LogP contribution in [0.1, 0.15) is 22.3 Å². The van der Waals surface area contributed by atoms with Gasteiger partial charge in [-0.2, -0.15) is 0 Å². The van der Waals surface area contributed by atoms with Gasteiger partial charge in [-0.1, -0.05) is 60.7 Å². The first-order valence-corrected chi connectivity index (χ1v) is 12.9. The first kappa shape index (κ1) is 23.5. The van der Waals surface area contributed by atoms with Gasteiger partial charge in [-0.3, -0.25) is 9.59 Å². The number of sulfone groups is 1. The number of benzene rings is 3. The fraction of sp³-hybridized carbons (Fsp3) is 0.231. The van der Waals surface area contributed by atoms with Crippen molar-refractivity contribution in [3.8, 4) is 5.75 Å². The van der Waals surface area contributed by atoms with Crippen LogP contribution in [0.5, 0.6) is 5.75 Å². The monoisotopic (exact) mass is 478 g/mol. The van der Waals surface area contributed by atoms with Gasteiger partial charge in [0.05, 0.1) is 23.1 Å². The molecule has 1 atom stereocenters. The van der Waals surface area contributed by atoms with Crippen LogP contribution in [-0.4, -0.2) is 44.4 Å². The Bertz CT molecular complexity index is 1250. The zero-order valence-corrected chi connectivity index (χ0v) is 19.4. The van der Waals surface area contributed by atoms with E-state index in [0.29, 0.717) is 24.2 Å². The summed E-state index contributed by atoms with van der Waals surface area (Å²) in [6.07, 6.45) is 0.376. The van der Waals surface area contributed by atoms with E-state index < -0.39 is 15.9 Å². The fourth-order valence-electron chi connectivity index (χ4n) is 3.99. The Hall–Kier alpha value is -3.65. The third kappa shape index (κ3) is 5.82. The Morgan fingerprint density at radius 1 is 0.912 bits per heavy atom. The van der Waals surface area contributed by atoms with Crippen molar-refractivity contribution in [2.75, 3.05) is 23.0 Å². The van der Waals surface area contributed by atoms with Crippen LogP contribution in [0.2, 0.25) is 0 Å². The molecule has 1 aliphatic heterocycles. The highest BCUT2D eigenvalue weighted by atomic mass is 32.2. The first-order chi connectivity index (χ1) is 16.4. The third-order valence-corrected chi connectivity index (χ3v) is 7.41. The highest BCUT2D eigenvalue weighted by Gasteiger charge is 2.35. The molecule has 176 valence electrons. The number of nitrogens with zero attached hydrogens (tertiary/aromatic N) is 1. The Labute approximate surface area is 199 Å². The normalized spacial score (nSPS) is 16.5. The van der Waals surface area contributed by atoms with E-state index in [1.54, 1.807) is 48.5 Å². The predicted octanol–water partition coefficient (Wildman–Crippen LogP) is 3.22. The van der Waals surface area contributed by atoms with Gasteiger partial charge in [0.15, 0.2) is 16.4 Å². The fourth-order valence-corrected chi connectivity index (χ4v) is 5.69. The smallest absolute Gasteiger partial charge is 0.265 e. The van der Waals surface area contributed by atoms with Gasteiger partial charge in [0, 0.05) is 12.2 Å². The molecule has 0 bridgehead atoms. The summed E-state index contributed by atoms with van der Waals surface area (Å²) < 4.78 is 29.9. The summed E-state index contributed by atoms with van der Waals surface area (Å²) in [6.45, 7) is 0.0410. The van der Waals surface area contributed by atoms with Gasteiger partial charge in [-0.05, 0) is 36.2 Å². The Morgan fingerprint density at radius 3 is 2.24 bits per heavy atom. The van der Waals surface area contributed by atoms with E-state index >= 15 is 0 Å². The number of hydrogen-bond donors (Lipinski definition) is 1. The molecular formula is C26H26N2O5S. The van der Waals surface area contributed by atoms with Gasteiger partial charge in [-0.25, -0.2) is 8.42 Å². The number of ether oxygens (including phenoxy) is 1. The van der Waals surface area contributed by atoms with Crippen LogP contribution in [0, 0.1) is 0 Å². The van der Waals surface area contributed by atoms with Gasteiger partial charge in [0.2, 0.25) is 0 Å². The summed E-state index contributed by atoms with van der Waals surface area (Å²) in [5.74, 6) is -0.416. The summed E-state index contributed by atoms with van der Waals surface area (Å²) in [5.41, 5.74) is 1.91. The number of hydrogen-bond acceptors (Lipinski definition) is 5. The summed E-state index contributed by atoms with van der Waals surface area (Å²) in [5, 5.41) is 2.86. The maximum Gasteiger partial charge on any atom is 0.265 e. The topological polar surface area (TPSA) is 92.8 Å². The third-order valence-electron chi connectivity index (χ3n) is 5.66. The maximum atomic E-state index is 13.2. The Morgan fingerprint density at radius 2 is 1.56 bits per heavy atom. The highest BCUT2D eigenvalue weighted by Crippen LogP contribution is 2.25. The van der Waals surface area contributed by atoms with Crippen LogP contribution in [0.15, 0.2) is 84.9 Å².